The van der Waals surface area contributed by atoms with E-state index in [4.69, 9.17) is 0 Å². The van der Waals surface area contributed by atoms with Crippen LogP contribution in [0.4, 0.5) is 8.78 Å². The molecule has 2 bridgehead atoms. The topological polar surface area (TPSA) is 34.9 Å². The van der Waals surface area contributed by atoms with Crippen molar-refractivity contribution in [3.8, 4) is 0 Å². The first kappa shape index (κ1) is 13.9. The number of halogens is 2. The Balaban J connectivity index is 1.86. The second-order valence-electron chi connectivity index (χ2n) is 7.22. The van der Waals surface area contributed by atoms with Crippen molar-refractivity contribution in [1.29, 1.82) is 0 Å². The zero-order chi connectivity index (χ0) is 15.9. The lowest BCUT2D eigenvalue weighted by Crippen LogP contribution is -2.69. The Labute approximate surface area is 127 Å². The summed E-state index contributed by atoms with van der Waals surface area (Å²) in [5.74, 6) is 0. The number of hydrogen-bond acceptors (Lipinski definition) is 2. The van der Waals surface area contributed by atoms with Crippen molar-refractivity contribution in [2.24, 2.45) is 12.5 Å². The molecule has 1 aromatic heterocycles. The summed E-state index contributed by atoms with van der Waals surface area (Å²) in [7, 11) is 1.74. The lowest BCUT2D eigenvalue weighted by Gasteiger charge is -2.69. The smallest absolute Gasteiger partial charge is 0.273 e. The Hall–Kier alpha value is -1.78. The number of fused-ring (bicyclic) bond motifs is 1. The number of nitrogens with zero attached hydrogens (tertiary/aromatic N) is 2. The largest absolute Gasteiger partial charge is 0.308 e. The average Bonchev–Trinajstić information content (AvgIpc) is 2.34. The fourth-order valence-corrected chi connectivity index (χ4v) is 4.27. The van der Waals surface area contributed by atoms with Crippen LogP contribution in [0.15, 0.2) is 16.9 Å². The molecule has 0 spiro atoms. The number of benzene rings is 1. The number of aromatic nitrogens is 2. The van der Waals surface area contributed by atoms with Gasteiger partial charge >= 0.3 is 0 Å². The van der Waals surface area contributed by atoms with Crippen molar-refractivity contribution in [3.05, 3.63) is 39.3 Å². The molecule has 0 saturated heterocycles. The van der Waals surface area contributed by atoms with E-state index in [0.717, 1.165) is 22.2 Å². The van der Waals surface area contributed by atoms with Crippen molar-refractivity contribution in [2.75, 3.05) is 0 Å². The Morgan fingerprint density at radius 1 is 1.18 bits per heavy atom. The fourth-order valence-electron chi connectivity index (χ4n) is 4.27. The first-order chi connectivity index (χ1) is 10.3. The van der Waals surface area contributed by atoms with Gasteiger partial charge in [0.15, 0.2) is 0 Å². The minimum Gasteiger partial charge on any atom is -0.308 e. The first-order valence-electron chi connectivity index (χ1n) is 7.55. The third-order valence-electron chi connectivity index (χ3n) is 5.73. The fraction of sp³-hybridized carbons (Fsp3) is 0.529. The number of hydrogen-bond donors (Lipinski definition) is 0. The molecule has 3 aliphatic carbocycles. The summed E-state index contributed by atoms with van der Waals surface area (Å²) < 4.78 is 27.6. The molecule has 5 heteroatoms. The van der Waals surface area contributed by atoms with Gasteiger partial charge in [-0.3, -0.25) is 4.79 Å². The van der Waals surface area contributed by atoms with Crippen LogP contribution in [0.5, 0.6) is 0 Å². The molecular weight excluding hydrogens is 286 g/mol. The van der Waals surface area contributed by atoms with Gasteiger partial charge in [0, 0.05) is 17.9 Å². The van der Waals surface area contributed by atoms with Gasteiger partial charge in [-0.1, -0.05) is 0 Å². The summed E-state index contributed by atoms with van der Waals surface area (Å²) in [5.41, 5.74) is 2.89. The Morgan fingerprint density at radius 3 is 2.36 bits per heavy atom. The molecule has 0 radical (unpaired) electrons. The van der Waals surface area contributed by atoms with E-state index in [1.807, 2.05) is 26.0 Å². The van der Waals surface area contributed by atoms with E-state index < -0.39 is 17.3 Å². The van der Waals surface area contributed by atoms with Crippen molar-refractivity contribution in [1.82, 2.24) is 9.55 Å². The quantitative estimate of drug-likeness (QED) is 0.854. The maximum absolute atomic E-state index is 13.0. The normalized spacial score (nSPS) is 29.5. The van der Waals surface area contributed by atoms with Crippen LogP contribution in [0, 0.1) is 19.3 Å². The average molecular weight is 304 g/mol. The molecule has 116 valence electrons. The highest BCUT2D eigenvalue weighted by Gasteiger charge is 2.73. The van der Waals surface area contributed by atoms with E-state index in [2.05, 4.69) is 4.98 Å². The molecule has 5 rings (SSSR count). The molecule has 1 heterocycles. The molecule has 1 aromatic carbocycles. The zero-order valence-corrected chi connectivity index (χ0v) is 12.9. The van der Waals surface area contributed by atoms with Crippen LogP contribution in [0.1, 0.15) is 36.1 Å². The van der Waals surface area contributed by atoms with Gasteiger partial charge in [0.1, 0.15) is 5.69 Å². The third-order valence-corrected chi connectivity index (χ3v) is 5.73. The van der Waals surface area contributed by atoms with Gasteiger partial charge in [-0.05, 0) is 56.4 Å². The van der Waals surface area contributed by atoms with Gasteiger partial charge in [0.05, 0.1) is 11.0 Å². The monoisotopic (exact) mass is 304 g/mol. The molecule has 0 amide bonds. The van der Waals surface area contributed by atoms with Crippen molar-refractivity contribution < 1.29 is 8.78 Å². The highest BCUT2D eigenvalue weighted by atomic mass is 19.3. The van der Waals surface area contributed by atoms with Crippen molar-refractivity contribution >= 4 is 11.0 Å². The predicted molar refractivity (Wildman–Crippen MR) is 80.4 cm³/mol. The van der Waals surface area contributed by atoms with Crippen LogP contribution in [-0.4, -0.2) is 16.0 Å². The summed E-state index contributed by atoms with van der Waals surface area (Å²) in [6.45, 7) is 4.01. The molecule has 3 aliphatic rings. The maximum atomic E-state index is 13.0. The standard InChI is InChI=1S/C17H18F2N2O/c1-9-4-11-12(5-10(9)2)21(3)14(22)13(20-11)16-6-17(7-16,8-16)15(18)19/h4-5,15H,6-8H2,1-3H3. The first-order valence-corrected chi connectivity index (χ1v) is 7.55. The summed E-state index contributed by atoms with van der Waals surface area (Å²) >= 11 is 0. The summed E-state index contributed by atoms with van der Waals surface area (Å²) in [5, 5.41) is 0. The van der Waals surface area contributed by atoms with Gasteiger partial charge in [0.25, 0.3) is 5.56 Å². The lowest BCUT2D eigenvalue weighted by atomic mass is 9.34. The summed E-state index contributed by atoms with van der Waals surface area (Å²) in [6, 6.07) is 3.94. The van der Waals surface area contributed by atoms with Gasteiger partial charge < -0.3 is 4.57 Å². The van der Waals surface area contributed by atoms with Gasteiger partial charge in [-0.25, -0.2) is 13.8 Å². The van der Waals surface area contributed by atoms with E-state index in [1.54, 1.807) is 11.6 Å². The van der Waals surface area contributed by atoms with E-state index in [1.165, 1.54) is 0 Å². The summed E-state index contributed by atoms with van der Waals surface area (Å²) in [6.07, 6.45) is -1.09. The number of rotatable bonds is 2. The SMILES string of the molecule is Cc1cc2nc(C34CC(C(F)F)(C3)C4)c(=O)n(C)c2cc1C. The van der Waals surface area contributed by atoms with Crippen LogP contribution in [0.25, 0.3) is 11.0 Å². The number of alkyl halides is 2. The maximum Gasteiger partial charge on any atom is 0.273 e. The van der Waals surface area contributed by atoms with E-state index in [0.29, 0.717) is 25.0 Å². The van der Waals surface area contributed by atoms with Crippen LogP contribution < -0.4 is 5.56 Å². The van der Waals surface area contributed by atoms with Gasteiger partial charge in [-0.15, -0.1) is 0 Å². The summed E-state index contributed by atoms with van der Waals surface area (Å²) in [4.78, 5) is 17.2. The van der Waals surface area contributed by atoms with Crippen molar-refractivity contribution in [3.63, 3.8) is 0 Å². The molecule has 0 N–H and O–H groups in total. The van der Waals surface area contributed by atoms with E-state index >= 15 is 0 Å². The molecule has 3 saturated carbocycles. The number of aryl methyl sites for hydroxylation is 3. The minimum atomic E-state index is -2.29. The highest BCUT2D eigenvalue weighted by Crippen LogP contribution is 2.74. The minimum absolute atomic E-state index is 0.140. The van der Waals surface area contributed by atoms with Crippen LogP contribution in [0.2, 0.25) is 0 Å². The van der Waals surface area contributed by atoms with E-state index in [-0.39, 0.29) is 5.56 Å². The Kier molecular flexibility index (Phi) is 2.48. The van der Waals surface area contributed by atoms with Gasteiger partial charge in [-0.2, -0.15) is 0 Å². The molecule has 2 aromatic rings. The molecule has 0 atom stereocenters. The van der Waals surface area contributed by atoms with Crippen LogP contribution in [-0.2, 0) is 12.5 Å². The second kappa shape index (κ2) is 3.94. The second-order valence-corrected chi connectivity index (χ2v) is 7.22. The van der Waals surface area contributed by atoms with Crippen LogP contribution in [0.3, 0.4) is 0 Å². The van der Waals surface area contributed by atoms with Crippen LogP contribution >= 0.6 is 0 Å². The molecule has 0 unspecified atom stereocenters. The third kappa shape index (κ3) is 1.49. The van der Waals surface area contributed by atoms with Gasteiger partial charge in [0.2, 0.25) is 6.43 Å². The predicted octanol–water partition coefficient (Wildman–Crippen LogP) is 3.24. The lowest BCUT2D eigenvalue weighted by molar-refractivity contribution is -0.223. The molecular formula is C17H18F2N2O. The van der Waals surface area contributed by atoms with Crippen molar-refractivity contribution in [2.45, 2.75) is 45.0 Å². The molecule has 3 fully saturated rings. The Morgan fingerprint density at radius 2 is 1.77 bits per heavy atom. The highest BCUT2D eigenvalue weighted by molar-refractivity contribution is 5.77. The zero-order valence-electron chi connectivity index (χ0n) is 12.9. The molecule has 0 aliphatic heterocycles. The van der Waals surface area contributed by atoms with E-state index in [9.17, 15) is 13.6 Å². The molecule has 3 nitrogen and oxygen atoms in total. The Bertz CT molecular complexity index is 849. The molecule has 22 heavy (non-hydrogen) atoms.